The van der Waals surface area contributed by atoms with Gasteiger partial charge in [0.25, 0.3) is 0 Å². The number of benzene rings is 3. The van der Waals surface area contributed by atoms with Crippen LogP contribution in [0.1, 0.15) is 36.0 Å². The van der Waals surface area contributed by atoms with Gasteiger partial charge in [-0.05, 0) is 35.6 Å². The SMILES string of the molecule is O=C(/C=C/c1ccccc1)N[C@@H](Cc1ccccc1)C(=O)N[C@H](CC(=O)NCc1ccccc1)C[C@@H]1CCNC1=O. The van der Waals surface area contributed by atoms with E-state index in [9.17, 15) is 19.2 Å². The van der Waals surface area contributed by atoms with Crippen LogP contribution in [0, 0.1) is 5.92 Å². The first-order valence-corrected chi connectivity index (χ1v) is 13.9. The Kier molecular flexibility index (Phi) is 10.8. The first-order valence-electron chi connectivity index (χ1n) is 13.9. The number of carbonyl (C=O) groups is 4. The first kappa shape index (κ1) is 29.3. The third-order valence-corrected chi connectivity index (χ3v) is 6.98. The molecule has 1 saturated heterocycles. The molecule has 0 spiro atoms. The zero-order valence-electron chi connectivity index (χ0n) is 22.9. The third kappa shape index (κ3) is 9.76. The summed E-state index contributed by atoms with van der Waals surface area (Å²) < 4.78 is 0. The Hall–Kier alpha value is -4.72. The number of rotatable bonds is 13. The van der Waals surface area contributed by atoms with Crippen LogP contribution < -0.4 is 21.3 Å². The second-order valence-electron chi connectivity index (χ2n) is 10.2. The van der Waals surface area contributed by atoms with Gasteiger partial charge in [0.1, 0.15) is 6.04 Å². The summed E-state index contributed by atoms with van der Waals surface area (Å²) in [5, 5.41) is 11.5. The van der Waals surface area contributed by atoms with Crippen molar-refractivity contribution in [3.63, 3.8) is 0 Å². The van der Waals surface area contributed by atoms with Gasteiger partial charge in [-0.15, -0.1) is 0 Å². The molecule has 4 rings (SSSR count). The lowest BCUT2D eigenvalue weighted by molar-refractivity contribution is -0.129. The first-order chi connectivity index (χ1) is 20.0. The number of hydrogen-bond acceptors (Lipinski definition) is 4. The van der Waals surface area contributed by atoms with Gasteiger partial charge >= 0.3 is 0 Å². The summed E-state index contributed by atoms with van der Waals surface area (Å²) in [6.07, 6.45) is 4.35. The van der Waals surface area contributed by atoms with Crippen molar-refractivity contribution in [2.24, 2.45) is 5.92 Å². The van der Waals surface area contributed by atoms with Crippen molar-refractivity contribution in [1.82, 2.24) is 21.3 Å². The van der Waals surface area contributed by atoms with E-state index in [0.29, 0.717) is 25.9 Å². The minimum absolute atomic E-state index is 0.0161. The van der Waals surface area contributed by atoms with Gasteiger partial charge in [0.2, 0.25) is 23.6 Å². The van der Waals surface area contributed by atoms with E-state index in [1.165, 1.54) is 6.08 Å². The highest BCUT2D eigenvalue weighted by Crippen LogP contribution is 2.18. The van der Waals surface area contributed by atoms with Crippen LogP contribution in [0.2, 0.25) is 0 Å². The van der Waals surface area contributed by atoms with E-state index >= 15 is 0 Å². The molecule has 3 aromatic carbocycles. The lowest BCUT2D eigenvalue weighted by Gasteiger charge is -2.24. The van der Waals surface area contributed by atoms with Crippen molar-refractivity contribution in [2.75, 3.05) is 6.54 Å². The molecule has 1 fully saturated rings. The molecule has 3 atom stereocenters. The van der Waals surface area contributed by atoms with E-state index in [2.05, 4.69) is 21.3 Å². The van der Waals surface area contributed by atoms with Crippen LogP contribution in [0.5, 0.6) is 0 Å². The molecule has 8 nitrogen and oxygen atoms in total. The molecule has 41 heavy (non-hydrogen) atoms. The Morgan fingerprint density at radius 3 is 2.12 bits per heavy atom. The Balaban J connectivity index is 1.45. The molecule has 1 aliphatic heterocycles. The molecule has 212 valence electrons. The van der Waals surface area contributed by atoms with Crippen LogP contribution in [0.3, 0.4) is 0 Å². The minimum atomic E-state index is -0.877. The second kappa shape index (κ2) is 15.2. The topological polar surface area (TPSA) is 116 Å². The molecular formula is C33H36N4O4. The smallest absolute Gasteiger partial charge is 0.244 e. The van der Waals surface area contributed by atoms with E-state index in [-0.39, 0.29) is 30.6 Å². The molecule has 0 bridgehead atoms. The van der Waals surface area contributed by atoms with E-state index in [1.54, 1.807) is 6.08 Å². The molecule has 3 aromatic rings. The minimum Gasteiger partial charge on any atom is -0.356 e. The molecule has 0 saturated carbocycles. The Labute approximate surface area is 240 Å². The third-order valence-electron chi connectivity index (χ3n) is 6.98. The summed E-state index contributed by atoms with van der Waals surface area (Å²) in [5.41, 5.74) is 2.71. The van der Waals surface area contributed by atoms with Crippen molar-refractivity contribution < 1.29 is 19.2 Å². The maximum absolute atomic E-state index is 13.6. The predicted octanol–water partition coefficient (Wildman–Crippen LogP) is 3.14. The van der Waals surface area contributed by atoms with Crippen LogP contribution in [0.4, 0.5) is 0 Å². The quantitative estimate of drug-likeness (QED) is 0.244. The molecule has 0 aromatic heterocycles. The highest BCUT2D eigenvalue weighted by molar-refractivity contribution is 5.96. The van der Waals surface area contributed by atoms with Crippen molar-refractivity contribution in [3.8, 4) is 0 Å². The maximum Gasteiger partial charge on any atom is 0.244 e. The van der Waals surface area contributed by atoms with Crippen molar-refractivity contribution >= 4 is 29.7 Å². The number of carbonyl (C=O) groups excluding carboxylic acids is 4. The van der Waals surface area contributed by atoms with Crippen molar-refractivity contribution in [1.29, 1.82) is 0 Å². The number of amides is 4. The highest BCUT2D eigenvalue weighted by atomic mass is 16.2. The van der Waals surface area contributed by atoms with Crippen LogP contribution in [0.25, 0.3) is 6.08 Å². The van der Waals surface area contributed by atoms with E-state index in [1.807, 2.05) is 91.0 Å². The summed E-state index contributed by atoms with van der Waals surface area (Å²) >= 11 is 0. The van der Waals surface area contributed by atoms with E-state index in [0.717, 1.165) is 16.7 Å². The maximum atomic E-state index is 13.6. The van der Waals surface area contributed by atoms with Gasteiger partial charge in [-0.25, -0.2) is 0 Å². The molecule has 0 aliphatic carbocycles. The molecule has 0 radical (unpaired) electrons. The van der Waals surface area contributed by atoms with Crippen LogP contribution in [0.15, 0.2) is 97.1 Å². The Morgan fingerprint density at radius 2 is 1.49 bits per heavy atom. The number of nitrogens with one attached hydrogen (secondary N) is 4. The van der Waals surface area contributed by atoms with Gasteiger partial charge in [-0.2, -0.15) is 0 Å². The number of hydrogen-bond donors (Lipinski definition) is 4. The summed E-state index contributed by atoms with van der Waals surface area (Å²) in [5.74, 6) is -1.41. The van der Waals surface area contributed by atoms with Gasteiger partial charge in [-0.1, -0.05) is 91.0 Å². The van der Waals surface area contributed by atoms with Gasteiger partial charge < -0.3 is 21.3 Å². The lowest BCUT2D eigenvalue weighted by atomic mass is 9.95. The van der Waals surface area contributed by atoms with Crippen molar-refractivity contribution in [3.05, 3.63) is 114 Å². The molecule has 1 aliphatic rings. The zero-order valence-corrected chi connectivity index (χ0v) is 22.9. The molecule has 8 heteroatoms. The van der Waals surface area contributed by atoms with Crippen LogP contribution in [-0.2, 0) is 32.1 Å². The average molecular weight is 553 g/mol. The molecular weight excluding hydrogens is 516 g/mol. The fourth-order valence-corrected chi connectivity index (χ4v) is 4.82. The van der Waals surface area contributed by atoms with Gasteiger partial charge in [0.05, 0.1) is 0 Å². The summed E-state index contributed by atoms with van der Waals surface area (Å²) in [4.78, 5) is 51.6. The fourth-order valence-electron chi connectivity index (χ4n) is 4.82. The normalized spacial score (nSPS) is 16.0. The highest BCUT2D eigenvalue weighted by Gasteiger charge is 2.31. The van der Waals surface area contributed by atoms with Gasteiger partial charge in [0.15, 0.2) is 0 Å². The Morgan fingerprint density at radius 1 is 0.854 bits per heavy atom. The molecule has 4 N–H and O–H groups in total. The summed E-state index contributed by atoms with van der Waals surface area (Å²) in [7, 11) is 0. The van der Waals surface area contributed by atoms with Crippen molar-refractivity contribution in [2.45, 2.75) is 44.3 Å². The van der Waals surface area contributed by atoms with Gasteiger partial charge in [-0.3, -0.25) is 19.2 Å². The van der Waals surface area contributed by atoms with Crippen LogP contribution in [-0.4, -0.2) is 42.3 Å². The van der Waals surface area contributed by atoms with Crippen LogP contribution >= 0.6 is 0 Å². The second-order valence-corrected chi connectivity index (χ2v) is 10.2. The predicted molar refractivity (Wildman–Crippen MR) is 158 cm³/mol. The largest absolute Gasteiger partial charge is 0.356 e. The van der Waals surface area contributed by atoms with E-state index < -0.39 is 23.9 Å². The standard InChI is InChI=1S/C33H36N4O4/c38-30(17-16-24-10-4-1-5-11-24)37-29(20-25-12-6-2-7-13-25)33(41)36-28(21-27-18-19-34-32(27)40)22-31(39)35-23-26-14-8-3-9-15-26/h1-17,27-29H,18-23H2,(H,34,40)(H,35,39)(H,36,41)(H,37,38)/b17-16+/t27-,28-,29-/m0/s1. The summed E-state index contributed by atoms with van der Waals surface area (Å²) in [6.45, 7) is 0.940. The molecule has 4 amide bonds. The average Bonchev–Trinajstić information content (AvgIpc) is 3.40. The molecule has 0 unspecified atom stereocenters. The van der Waals surface area contributed by atoms with E-state index in [4.69, 9.17) is 0 Å². The summed E-state index contributed by atoms with van der Waals surface area (Å²) in [6, 6.07) is 26.9. The zero-order chi connectivity index (χ0) is 28.9. The Bertz CT molecular complexity index is 1330. The monoisotopic (exact) mass is 552 g/mol. The molecule has 1 heterocycles. The lowest BCUT2D eigenvalue weighted by Crippen LogP contribution is -2.51. The fraction of sp³-hybridized carbons (Fsp3) is 0.273. The van der Waals surface area contributed by atoms with Gasteiger partial charge in [0, 0.05) is 44.0 Å².